The van der Waals surface area contributed by atoms with Crippen LogP contribution in [-0.4, -0.2) is 65.3 Å². The Bertz CT molecular complexity index is 441. The third kappa shape index (κ3) is 2.50. The third-order valence-corrected chi connectivity index (χ3v) is 29.8. The van der Waals surface area contributed by atoms with Gasteiger partial charge in [-0.3, -0.25) is 0 Å². The van der Waals surface area contributed by atoms with E-state index in [1.165, 1.54) is 0 Å². The Morgan fingerprint density at radius 3 is 1.25 bits per heavy atom. The van der Waals surface area contributed by atoms with Crippen molar-refractivity contribution in [1.29, 1.82) is 0 Å². The van der Waals surface area contributed by atoms with E-state index in [4.69, 9.17) is 0 Å². The van der Waals surface area contributed by atoms with Crippen molar-refractivity contribution < 1.29 is 0 Å². The van der Waals surface area contributed by atoms with Crippen LogP contribution in [0.25, 0.3) is 0 Å². The fourth-order valence-electron chi connectivity index (χ4n) is 1.52. The van der Waals surface area contributed by atoms with Gasteiger partial charge in [-0.05, 0) is 0 Å². The molecule has 0 nitrogen and oxygen atoms in total. The van der Waals surface area contributed by atoms with Crippen LogP contribution in [0.3, 0.4) is 0 Å². The molecule has 0 amide bonds. The summed E-state index contributed by atoms with van der Waals surface area (Å²) in [5.74, 6) is 0. The number of hydrogen-bond donors (Lipinski definition) is 0. The van der Waals surface area contributed by atoms with Crippen molar-refractivity contribution in [3.63, 3.8) is 0 Å². The van der Waals surface area contributed by atoms with Gasteiger partial charge in [0, 0.05) is 0 Å². The van der Waals surface area contributed by atoms with Crippen LogP contribution in [0.5, 0.6) is 0 Å². The summed E-state index contributed by atoms with van der Waals surface area (Å²) in [6.07, 6.45) is 0. The summed E-state index contributed by atoms with van der Waals surface area (Å²) in [6, 6.07) is 14.1. The van der Waals surface area contributed by atoms with Crippen LogP contribution in [0.1, 0.15) is 0 Å². The second kappa shape index (κ2) is 5.68. The molecule has 0 spiro atoms. The molecule has 0 N–H and O–H groups in total. The molecule has 80 valence electrons. The standard InChI is InChI=1S/3C4H3Se.Bi/c3*1-2-4-5-3-1;/h3*1-3H;. The molecule has 0 aromatic carbocycles. The monoisotopic (exact) mass is 602 g/mol. The van der Waals surface area contributed by atoms with E-state index in [9.17, 15) is 0 Å². The molecule has 4 heteroatoms. The Morgan fingerprint density at radius 1 is 0.625 bits per heavy atom. The zero-order valence-electron chi connectivity index (χ0n) is 8.37. The molecule has 0 atom stereocenters. The molecule has 0 aliphatic carbocycles. The van der Waals surface area contributed by atoms with Crippen molar-refractivity contribution in [3.8, 4) is 0 Å². The van der Waals surface area contributed by atoms with Gasteiger partial charge < -0.3 is 0 Å². The second-order valence-electron chi connectivity index (χ2n) is 3.19. The van der Waals surface area contributed by atoms with E-state index >= 15 is 0 Å². The van der Waals surface area contributed by atoms with Crippen LogP contribution in [-0.2, 0) is 0 Å². The van der Waals surface area contributed by atoms with E-state index in [1.807, 2.05) is 6.44 Å². The zero-order chi connectivity index (χ0) is 10.8. The Kier molecular flexibility index (Phi) is 4.24. The van der Waals surface area contributed by atoms with Gasteiger partial charge in [0.2, 0.25) is 0 Å². The molecule has 0 saturated carbocycles. The summed E-state index contributed by atoms with van der Waals surface area (Å²) >= 11 is 0.397. The summed E-state index contributed by atoms with van der Waals surface area (Å²) in [5, 5.41) is 0. The number of rotatable bonds is 3. The van der Waals surface area contributed by atoms with Gasteiger partial charge in [0.1, 0.15) is 0 Å². The maximum atomic E-state index is 2.43. The quantitative estimate of drug-likeness (QED) is 0.353. The SMILES string of the molecule is c1c[se][c]([Bi]([c]2ccc[se]2)[c]2ccc[se]2)c1. The van der Waals surface area contributed by atoms with Crippen molar-refractivity contribution in [2.45, 2.75) is 0 Å². The van der Waals surface area contributed by atoms with Crippen LogP contribution in [0, 0.1) is 0 Å². The van der Waals surface area contributed by atoms with Crippen LogP contribution >= 0.6 is 0 Å². The van der Waals surface area contributed by atoms with E-state index in [2.05, 4.69) is 51.2 Å². The van der Waals surface area contributed by atoms with Crippen LogP contribution in [0.15, 0.2) is 51.2 Å². The van der Waals surface area contributed by atoms with E-state index < -0.39 is 21.8 Å². The molecule has 3 aromatic rings. The maximum absolute atomic E-state index is 2.43. The van der Waals surface area contributed by atoms with Crippen molar-refractivity contribution in [2.24, 2.45) is 0 Å². The first-order valence-corrected chi connectivity index (χ1v) is 15.6. The molecule has 0 fully saturated rings. The van der Waals surface area contributed by atoms with Gasteiger partial charge in [-0.1, -0.05) is 0 Å². The van der Waals surface area contributed by atoms with E-state index in [0.29, 0.717) is 43.5 Å². The average Bonchev–Trinajstić information content (AvgIpc) is 3.02. The first-order chi connectivity index (χ1) is 7.95. The topological polar surface area (TPSA) is 0 Å². The van der Waals surface area contributed by atoms with Gasteiger partial charge in [0.15, 0.2) is 0 Å². The van der Waals surface area contributed by atoms with Gasteiger partial charge in [-0.25, -0.2) is 0 Å². The molecule has 0 aliphatic rings. The Hall–Kier alpha value is 0.882. The Morgan fingerprint density at radius 2 is 1.00 bits per heavy atom. The molecule has 16 heavy (non-hydrogen) atoms. The Labute approximate surface area is 121 Å². The Balaban J connectivity index is 2.09. The summed E-state index contributed by atoms with van der Waals surface area (Å²) in [7, 11) is 0. The fourth-order valence-corrected chi connectivity index (χ4v) is 39.0. The second-order valence-corrected chi connectivity index (χ2v) is 25.7. The zero-order valence-corrected chi connectivity index (χ0v) is 17.0. The van der Waals surface area contributed by atoms with Crippen LogP contribution in [0.2, 0.25) is 0 Å². The predicted octanol–water partition coefficient (Wildman–Crippen LogP) is -0.626. The van der Waals surface area contributed by atoms with Gasteiger partial charge in [-0.2, -0.15) is 0 Å². The fraction of sp³-hybridized carbons (Fsp3) is 0. The molecule has 3 heterocycles. The van der Waals surface area contributed by atoms with Gasteiger partial charge in [0.25, 0.3) is 0 Å². The minimum atomic E-state index is -1.64. The van der Waals surface area contributed by atoms with E-state index in [0.717, 1.165) is 0 Å². The molecule has 3 aromatic heterocycles. The predicted molar refractivity (Wildman–Crippen MR) is 74.8 cm³/mol. The van der Waals surface area contributed by atoms with E-state index in [1.54, 1.807) is 0 Å². The van der Waals surface area contributed by atoms with Gasteiger partial charge in [-0.15, -0.1) is 0 Å². The van der Waals surface area contributed by atoms with Crippen LogP contribution < -0.4 is 6.44 Å². The van der Waals surface area contributed by atoms with Crippen LogP contribution in [0.4, 0.5) is 0 Å². The minimum absolute atomic E-state index is 0.678. The molecule has 0 aliphatic heterocycles. The molecule has 0 radical (unpaired) electrons. The first kappa shape index (κ1) is 11.9. The van der Waals surface area contributed by atoms with Crippen molar-refractivity contribution >= 4 is 71.7 Å². The molecule has 0 unspecified atom stereocenters. The molecule has 3 rings (SSSR count). The average molecular weight is 599 g/mol. The van der Waals surface area contributed by atoms with Gasteiger partial charge in [0.05, 0.1) is 0 Å². The molecular formula is C12H9BiSe3. The summed E-state index contributed by atoms with van der Waals surface area (Å²) in [6.45, 7) is 0. The number of hydrogen-bond acceptors (Lipinski definition) is 0. The molecule has 0 saturated heterocycles. The molecule has 0 bridgehead atoms. The third-order valence-electron chi connectivity index (χ3n) is 2.18. The normalized spacial score (nSPS) is 11.1. The summed E-state index contributed by atoms with van der Waals surface area (Å²) < 4.78 is 5.57. The first-order valence-electron chi connectivity index (χ1n) is 4.86. The van der Waals surface area contributed by atoms with Gasteiger partial charge >= 0.3 is 123 Å². The molecular weight excluding hydrogens is 590 g/mol. The van der Waals surface area contributed by atoms with Crippen molar-refractivity contribution in [2.75, 3.05) is 0 Å². The summed E-state index contributed by atoms with van der Waals surface area (Å²) in [5.41, 5.74) is 0. The van der Waals surface area contributed by atoms with Crippen molar-refractivity contribution in [3.05, 3.63) is 51.2 Å². The van der Waals surface area contributed by atoms with E-state index in [-0.39, 0.29) is 0 Å². The summed E-state index contributed by atoms with van der Waals surface area (Å²) in [4.78, 5) is 7.16. The van der Waals surface area contributed by atoms with Crippen molar-refractivity contribution in [1.82, 2.24) is 0 Å².